The number of aliphatic carboxylic acids is 1. The quantitative estimate of drug-likeness (QED) is 0.416. The minimum atomic E-state index is -4.64. The lowest BCUT2D eigenvalue weighted by Gasteiger charge is -2.39. The monoisotopic (exact) mass is 515 g/mol. The Labute approximate surface area is 207 Å². The van der Waals surface area contributed by atoms with E-state index in [-0.39, 0.29) is 29.6 Å². The van der Waals surface area contributed by atoms with Crippen molar-refractivity contribution in [2.45, 2.75) is 77.1 Å². The van der Waals surface area contributed by atoms with Crippen LogP contribution in [-0.4, -0.2) is 51.2 Å². The summed E-state index contributed by atoms with van der Waals surface area (Å²) in [6.07, 6.45) is 0.784. The van der Waals surface area contributed by atoms with E-state index in [9.17, 15) is 23.1 Å². The summed E-state index contributed by atoms with van der Waals surface area (Å²) < 4.78 is 48.1. The Hall–Kier alpha value is -2.47. The fraction of sp³-hybridized carbons (Fsp3) is 0.652. The van der Waals surface area contributed by atoms with Crippen LogP contribution in [-0.2, 0) is 15.7 Å². The molecule has 8 nitrogen and oxygen atoms in total. The van der Waals surface area contributed by atoms with Crippen LogP contribution in [0.5, 0.6) is 0 Å². The standard InChI is InChI=1S/C23H32F3N5O3S/c1-13(2)12-31(16-5-7-17(34-4)8-6-16)20-18(10-15(11-27-20)14(3)9-19(32)33)28-22-29-21(30-35-22)23(24,25)26/h10-11,13-14,16-17H,5-9,12H2,1-4H3,(H,32,33)(H,28,29,30). The van der Waals surface area contributed by atoms with Crippen molar-refractivity contribution >= 4 is 34.1 Å². The van der Waals surface area contributed by atoms with Gasteiger partial charge >= 0.3 is 12.1 Å². The minimum Gasteiger partial charge on any atom is -0.481 e. The average Bonchev–Trinajstić information content (AvgIpc) is 3.26. The highest BCUT2D eigenvalue weighted by molar-refractivity contribution is 7.09. The van der Waals surface area contributed by atoms with E-state index in [0.29, 0.717) is 41.1 Å². The smallest absolute Gasteiger partial charge is 0.452 e. The Morgan fingerprint density at radius 2 is 1.97 bits per heavy atom. The summed E-state index contributed by atoms with van der Waals surface area (Å²) in [5, 5.41) is 12.2. The molecule has 2 aromatic heterocycles. The van der Waals surface area contributed by atoms with Crippen LogP contribution in [0.3, 0.4) is 0 Å². The number of carboxylic acid groups (broad SMARTS) is 1. The molecular weight excluding hydrogens is 483 g/mol. The topological polar surface area (TPSA) is 100 Å². The number of carboxylic acids is 1. The first-order valence-electron chi connectivity index (χ1n) is 11.7. The molecule has 1 saturated carbocycles. The van der Waals surface area contributed by atoms with Crippen LogP contribution in [0.2, 0.25) is 0 Å². The number of ether oxygens (including phenoxy) is 1. The minimum absolute atomic E-state index is 0.00370. The molecule has 0 amide bonds. The summed E-state index contributed by atoms with van der Waals surface area (Å²) in [6.45, 7) is 6.69. The molecule has 1 aliphatic carbocycles. The van der Waals surface area contributed by atoms with Gasteiger partial charge in [0, 0.05) is 37.4 Å². The molecule has 0 radical (unpaired) electrons. The fourth-order valence-corrected chi connectivity index (χ4v) is 4.94. The number of methoxy groups -OCH3 is 1. The fourth-order valence-electron chi connectivity index (χ4n) is 4.34. The van der Waals surface area contributed by atoms with Gasteiger partial charge in [0.25, 0.3) is 0 Å². The molecule has 1 atom stereocenters. The molecule has 0 saturated heterocycles. The summed E-state index contributed by atoms with van der Waals surface area (Å²) in [6, 6.07) is 1.96. The molecule has 12 heteroatoms. The van der Waals surface area contributed by atoms with Crippen LogP contribution in [0.1, 0.15) is 70.2 Å². The molecule has 194 valence electrons. The van der Waals surface area contributed by atoms with Crippen molar-refractivity contribution in [1.82, 2.24) is 14.3 Å². The lowest BCUT2D eigenvalue weighted by Crippen LogP contribution is -2.42. The molecule has 1 aliphatic rings. The summed E-state index contributed by atoms with van der Waals surface area (Å²) >= 11 is 0.620. The highest BCUT2D eigenvalue weighted by Gasteiger charge is 2.36. The second-order valence-corrected chi connectivity index (χ2v) is 10.1. The van der Waals surface area contributed by atoms with Crippen molar-refractivity contribution in [3.8, 4) is 0 Å². The van der Waals surface area contributed by atoms with Gasteiger partial charge in [-0.05, 0) is 49.1 Å². The lowest BCUT2D eigenvalue weighted by atomic mass is 9.91. The Bertz CT molecular complexity index is 993. The Kier molecular flexibility index (Phi) is 8.92. The maximum atomic E-state index is 13.1. The van der Waals surface area contributed by atoms with Gasteiger partial charge < -0.3 is 20.1 Å². The number of rotatable bonds is 10. The number of hydrogen-bond acceptors (Lipinski definition) is 8. The number of pyridine rings is 1. The Morgan fingerprint density at radius 1 is 1.29 bits per heavy atom. The second kappa shape index (κ2) is 11.5. The van der Waals surface area contributed by atoms with Crippen molar-refractivity contribution in [3.63, 3.8) is 0 Å². The summed E-state index contributed by atoms with van der Waals surface area (Å²) in [5.41, 5.74) is 1.16. The van der Waals surface area contributed by atoms with Crippen LogP contribution in [0.15, 0.2) is 12.3 Å². The number of aromatic nitrogens is 3. The molecule has 1 fully saturated rings. The number of alkyl halides is 3. The van der Waals surface area contributed by atoms with Gasteiger partial charge in [-0.1, -0.05) is 20.8 Å². The molecule has 2 heterocycles. The molecular formula is C23H32F3N5O3S. The molecule has 0 aromatic carbocycles. The van der Waals surface area contributed by atoms with Gasteiger partial charge in [-0.25, -0.2) is 4.98 Å². The first-order chi connectivity index (χ1) is 16.5. The van der Waals surface area contributed by atoms with Crippen molar-refractivity contribution in [2.75, 3.05) is 23.9 Å². The van der Waals surface area contributed by atoms with Crippen LogP contribution >= 0.6 is 11.5 Å². The number of hydrogen-bond donors (Lipinski definition) is 2. The Balaban J connectivity index is 1.99. The molecule has 1 unspecified atom stereocenters. The second-order valence-electron chi connectivity index (χ2n) is 9.40. The predicted molar refractivity (Wildman–Crippen MR) is 128 cm³/mol. The van der Waals surface area contributed by atoms with E-state index in [2.05, 4.69) is 33.4 Å². The molecule has 0 bridgehead atoms. The maximum Gasteiger partial charge on any atom is 0.452 e. The zero-order valence-corrected chi connectivity index (χ0v) is 21.1. The van der Waals surface area contributed by atoms with E-state index >= 15 is 0 Å². The van der Waals surface area contributed by atoms with Crippen molar-refractivity contribution in [1.29, 1.82) is 0 Å². The largest absolute Gasteiger partial charge is 0.481 e. The van der Waals surface area contributed by atoms with Crippen LogP contribution < -0.4 is 10.2 Å². The van der Waals surface area contributed by atoms with Gasteiger partial charge in [0.15, 0.2) is 5.82 Å². The number of nitrogens with zero attached hydrogens (tertiary/aromatic N) is 4. The number of anilines is 3. The van der Waals surface area contributed by atoms with Gasteiger partial charge in [-0.2, -0.15) is 22.5 Å². The highest BCUT2D eigenvalue weighted by Crippen LogP contribution is 2.37. The zero-order chi connectivity index (χ0) is 25.8. The summed E-state index contributed by atoms with van der Waals surface area (Å²) in [4.78, 5) is 21.7. The number of halogens is 3. The summed E-state index contributed by atoms with van der Waals surface area (Å²) in [7, 11) is 1.72. The SMILES string of the molecule is COC1CCC(N(CC(C)C)c2ncc(C(C)CC(=O)O)cc2Nc2nc(C(F)(F)F)ns2)CC1. The number of carbonyl (C=O) groups is 1. The Morgan fingerprint density at radius 3 is 2.51 bits per heavy atom. The third-order valence-electron chi connectivity index (χ3n) is 6.11. The third-order valence-corrected chi connectivity index (χ3v) is 6.74. The number of nitrogens with one attached hydrogen (secondary N) is 1. The predicted octanol–water partition coefficient (Wildman–Crippen LogP) is 5.69. The van der Waals surface area contributed by atoms with Crippen molar-refractivity contribution in [2.24, 2.45) is 5.92 Å². The molecule has 2 aromatic rings. The maximum absolute atomic E-state index is 13.1. The van der Waals surface area contributed by atoms with E-state index in [1.807, 2.05) is 0 Å². The summed E-state index contributed by atoms with van der Waals surface area (Å²) in [5.74, 6) is -1.55. The van der Waals surface area contributed by atoms with Crippen LogP contribution in [0.25, 0.3) is 0 Å². The van der Waals surface area contributed by atoms with E-state index < -0.39 is 18.0 Å². The lowest BCUT2D eigenvalue weighted by molar-refractivity contribution is -0.144. The first-order valence-corrected chi connectivity index (χ1v) is 12.4. The highest BCUT2D eigenvalue weighted by atomic mass is 32.1. The molecule has 2 N–H and O–H groups in total. The van der Waals surface area contributed by atoms with Crippen molar-refractivity contribution < 1.29 is 27.8 Å². The molecule has 3 rings (SSSR count). The van der Waals surface area contributed by atoms with Crippen LogP contribution in [0.4, 0.5) is 29.8 Å². The van der Waals surface area contributed by atoms with E-state index in [1.54, 1.807) is 26.3 Å². The van der Waals surface area contributed by atoms with E-state index in [4.69, 9.17) is 9.72 Å². The average molecular weight is 516 g/mol. The molecule has 35 heavy (non-hydrogen) atoms. The van der Waals surface area contributed by atoms with Crippen molar-refractivity contribution in [3.05, 3.63) is 23.7 Å². The zero-order valence-electron chi connectivity index (χ0n) is 20.3. The van der Waals surface area contributed by atoms with E-state index in [1.165, 1.54) is 0 Å². The van der Waals surface area contributed by atoms with E-state index in [0.717, 1.165) is 25.7 Å². The third kappa shape index (κ3) is 7.26. The van der Waals surface area contributed by atoms with Gasteiger partial charge in [0.2, 0.25) is 11.0 Å². The van der Waals surface area contributed by atoms with Gasteiger partial charge in [0.1, 0.15) is 0 Å². The first kappa shape index (κ1) is 27.1. The normalized spacial score (nSPS) is 19.5. The van der Waals surface area contributed by atoms with Gasteiger partial charge in [0.05, 0.1) is 18.2 Å². The van der Waals surface area contributed by atoms with Gasteiger partial charge in [-0.15, -0.1) is 0 Å². The van der Waals surface area contributed by atoms with Crippen LogP contribution in [0, 0.1) is 5.92 Å². The molecule has 0 spiro atoms. The van der Waals surface area contributed by atoms with Gasteiger partial charge in [-0.3, -0.25) is 4.79 Å². The molecule has 0 aliphatic heterocycles.